The highest BCUT2D eigenvalue weighted by molar-refractivity contribution is 7.99. The van der Waals surface area contributed by atoms with Crippen LogP contribution in [0.1, 0.15) is 12.1 Å². The maximum absolute atomic E-state index is 11.7. The van der Waals surface area contributed by atoms with Gasteiger partial charge < -0.3 is 9.88 Å². The Morgan fingerprint density at radius 1 is 1.67 bits per heavy atom. The summed E-state index contributed by atoms with van der Waals surface area (Å²) in [4.78, 5) is 31.0. The van der Waals surface area contributed by atoms with E-state index >= 15 is 0 Å². The molecule has 0 saturated heterocycles. The van der Waals surface area contributed by atoms with Gasteiger partial charge in [0.2, 0.25) is 5.91 Å². The Bertz CT molecular complexity index is 521. The van der Waals surface area contributed by atoms with Crippen molar-refractivity contribution in [1.29, 1.82) is 5.26 Å². The van der Waals surface area contributed by atoms with Crippen molar-refractivity contribution in [2.24, 2.45) is 0 Å². The largest absolute Gasteiger partial charge is 0.344 e. The number of hydrogen-bond acceptors (Lipinski definition) is 5. The minimum absolute atomic E-state index is 0.0978. The molecule has 1 amide bonds. The lowest BCUT2D eigenvalue weighted by Gasteiger charge is -2.14. The molecule has 1 heterocycles. The number of aryl methyl sites for hydroxylation is 1. The Morgan fingerprint density at radius 2 is 2.39 bits per heavy atom. The molecule has 0 saturated carbocycles. The van der Waals surface area contributed by atoms with Crippen molar-refractivity contribution in [1.82, 2.24) is 14.9 Å². The minimum Gasteiger partial charge on any atom is -0.344 e. The van der Waals surface area contributed by atoms with Crippen LogP contribution < -0.4 is 5.56 Å². The van der Waals surface area contributed by atoms with Gasteiger partial charge >= 0.3 is 0 Å². The fraction of sp³-hybridized carbons (Fsp3) is 0.455. The molecule has 0 fully saturated rings. The number of hydrogen-bond donors (Lipinski definition) is 1. The summed E-state index contributed by atoms with van der Waals surface area (Å²) in [5, 5.41) is 8.86. The Balaban J connectivity index is 2.52. The third-order valence-corrected chi connectivity index (χ3v) is 3.02. The zero-order valence-corrected chi connectivity index (χ0v) is 11.1. The van der Waals surface area contributed by atoms with E-state index in [0.717, 1.165) is 0 Å². The summed E-state index contributed by atoms with van der Waals surface area (Å²) in [6, 6.07) is 3.38. The molecule has 0 aromatic carbocycles. The number of nitrogens with one attached hydrogen (secondary N) is 1. The van der Waals surface area contributed by atoms with Gasteiger partial charge in [0, 0.05) is 25.4 Å². The average molecular weight is 266 g/mol. The third kappa shape index (κ3) is 4.59. The summed E-state index contributed by atoms with van der Waals surface area (Å²) >= 11 is 1.18. The van der Waals surface area contributed by atoms with Crippen molar-refractivity contribution < 1.29 is 4.79 Å². The van der Waals surface area contributed by atoms with Crippen molar-refractivity contribution in [3.8, 4) is 6.07 Å². The van der Waals surface area contributed by atoms with Crippen molar-refractivity contribution in [3.05, 3.63) is 22.1 Å². The second kappa shape index (κ2) is 6.81. The molecule has 0 atom stereocenters. The van der Waals surface area contributed by atoms with Gasteiger partial charge in [-0.15, -0.1) is 0 Å². The second-order valence-electron chi connectivity index (χ2n) is 3.70. The topological polar surface area (TPSA) is 89.9 Å². The second-order valence-corrected chi connectivity index (χ2v) is 4.67. The number of nitrogens with zero attached hydrogens (tertiary/aromatic N) is 3. The number of H-pyrrole nitrogens is 1. The lowest BCUT2D eigenvalue weighted by Crippen LogP contribution is -2.29. The van der Waals surface area contributed by atoms with Gasteiger partial charge in [0.1, 0.15) is 0 Å². The monoisotopic (exact) mass is 266 g/mol. The normalized spacial score (nSPS) is 9.83. The van der Waals surface area contributed by atoms with E-state index in [2.05, 4.69) is 9.97 Å². The van der Waals surface area contributed by atoms with E-state index in [4.69, 9.17) is 5.26 Å². The summed E-state index contributed by atoms with van der Waals surface area (Å²) in [5.74, 6) is 0.0910. The van der Waals surface area contributed by atoms with Gasteiger partial charge in [0.15, 0.2) is 5.16 Å². The van der Waals surface area contributed by atoms with Crippen LogP contribution in [-0.4, -0.2) is 40.1 Å². The quantitative estimate of drug-likeness (QED) is 0.620. The van der Waals surface area contributed by atoms with Crippen molar-refractivity contribution >= 4 is 17.7 Å². The average Bonchev–Trinajstić information content (AvgIpc) is 2.31. The van der Waals surface area contributed by atoms with Gasteiger partial charge in [0.25, 0.3) is 5.56 Å². The molecule has 0 aliphatic carbocycles. The smallest absolute Gasteiger partial charge is 0.251 e. The fourth-order valence-electron chi connectivity index (χ4n) is 1.20. The van der Waals surface area contributed by atoms with E-state index in [1.807, 2.05) is 6.07 Å². The molecular weight excluding hydrogens is 252 g/mol. The Kier molecular flexibility index (Phi) is 5.39. The lowest BCUT2D eigenvalue weighted by atomic mass is 10.4. The molecule has 18 heavy (non-hydrogen) atoms. The van der Waals surface area contributed by atoms with Gasteiger partial charge in [-0.25, -0.2) is 4.98 Å². The molecule has 96 valence electrons. The van der Waals surface area contributed by atoms with Crippen LogP contribution in [0, 0.1) is 18.3 Å². The lowest BCUT2D eigenvalue weighted by molar-refractivity contribution is -0.127. The van der Waals surface area contributed by atoms with E-state index < -0.39 is 0 Å². The standard InChI is InChI=1S/C11H14N4O2S/c1-8-6-9(16)14-11(13-8)18-7-10(17)15(2)5-3-4-12/h6H,3,5,7H2,1-2H3,(H,13,14,16). The molecule has 7 heteroatoms. The van der Waals surface area contributed by atoms with E-state index in [-0.39, 0.29) is 17.2 Å². The molecule has 1 aromatic rings. The van der Waals surface area contributed by atoms with E-state index in [9.17, 15) is 9.59 Å². The van der Waals surface area contributed by atoms with Crippen LogP contribution >= 0.6 is 11.8 Å². The molecular formula is C11H14N4O2S. The molecule has 0 radical (unpaired) electrons. The molecule has 0 unspecified atom stereocenters. The number of carbonyl (C=O) groups is 1. The van der Waals surface area contributed by atoms with Crippen LogP contribution in [0.25, 0.3) is 0 Å². The zero-order chi connectivity index (χ0) is 13.5. The van der Waals surface area contributed by atoms with Gasteiger partial charge in [-0.3, -0.25) is 9.59 Å². The van der Waals surface area contributed by atoms with Gasteiger partial charge in [-0.1, -0.05) is 11.8 Å². The van der Waals surface area contributed by atoms with Gasteiger partial charge in [0.05, 0.1) is 18.2 Å². The summed E-state index contributed by atoms with van der Waals surface area (Å²) in [5.41, 5.74) is 0.391. The Labute approximate surface area is 109 Å². The molecule has 0 spiro atoms. The van der Waals surface area contributed by atoms with Gasteiger partial charge in [-0.2, -0.15) is 5.26 Å². The summed E-state index contributed by atoms with van der Waals surface area (Å²) < 4.78 is 0. The molecule has 1 rings (SSSR count). The van der Waals surface area contributed by atoms with Crippen molar-refractivity contribution in [2.75, 3.05) is 19.3 Å². The first kappa shape index (κ1) is 14.3. The Hall–Kier alpha value is -1.81. The number of aromatic nitrogens is 2. The molecule has 1 aromatic heterocycles. The molecule has 0 aliphatic rings. The first-order valence-corrected chi connectivity index (χ1v) is 6.33. The molecule has 6 nitrogen and oxygen atoms in total. The first-order chi connectivity index (χ1) is 8.52. The predicted molar refractivity (Wildman–Crippen MR) is 68.2 cm³/mol. The maximum Gasteiger partial charge on any atom is 0.251 e. The van der Waals surface area contributed by atoms with Gasteiger partial charge in [-0.05, 0) is 6.92 Å². The summed E-state index contributed by atoms with van der Waals surface area (Å²) in [6.45, 7) is 2.13. The van der Waals surface area contributed by atoms with E-state index in [1.165, 1.54) is 22.7 Å². The highest BCUT2D eigenvalue weighted by atomic mass is 32.2. The SMILES string of the molecule is Cc1cc(=O)[nH]c(SCC(=O)N(C)CCC#N)n1. The van der Waals surface area contributed by atoms with Crippen LogP contribution in [0.4, 0.5) is 0 Å². The Morgan fingerprint density at radius 3 is 3.00 bits per heavy atom. The number of carbonyl (C=O) groups excluding carboxylic acids is 1. The molecule has 0 aliphatic heterocycles. The fourth-order valence-corrected chi connectivity index (χ4v) is 2.06. The van der Waals surface area contributed by atoms with Crippen molar-refractivity contribution in [3.63, 3.8) is 0 Å². The van der Waals surface area contributed by atoms with Crippen LogP contribution in [0.2, 0.25) is 0 Å². The number of aromatic amines is 1. The zero-order valence-electron chi connectivity index (χ0n) is 10.3. The van der Waals surface area contributed by atoms with Crippen LogP contribution in [0.5, 0.6) is 0 Å². The van der Waals surface area contributed by atoms with E-state index in [0.29, 0.717) is 23.8 Å². The third-order valence-electron chi connectivity index (χ3n) is 2.17. The first-order valence-electron chi connectivity index (χ1n) is 5.34. The highest BCUT2D eigenvalue weighted by Gasteiger charge is 2.09. The number of rotatable bonds is 5. The molecule has 1 N–H and O–H groups in total. The van der Waals surface area contributed by atoms with Crippen LogP contribution in [-0.2, 0) is 4.79 Å². The molecule has 0 bridgehead atoms. The number of thioether (sulfide) groups is 1. The maximum atomic E-state index is 11.7. The minimum atomic E-state index is -0.227. The summed E-state index contributed by atoms with van der Waals surface area (Å²) in [7, 11) is 1.65. The summed E-state index contributed by atoms with van der Waals surface area (Å²) in [6.07, 6.45) is 0.312. The van der Waals surface area contributed by atoms with Crippen LogP contribution in [0.3, 0.4) is 0 Å². The van der Waals surface area contributed by atoms with Crippen LogP contribution in [0.15, 0.2) is 16.0 Å². The highest BCUT2D eigenvalue weighted by Crippen LogP contribution is 2.11. The number of nitriles is 1. The van der Waals surface area contributed by atoms with Crippen molar-refractivity contribution in [2.45, 2.75) is 18.5 Å². The number of amides is 1. The predicted octanol–water partition coefficient (Wildman–Crippen LogP) is 0.542. The van der Waals surface area contributed by atoms with E-state index in [1.54, 1.807) is 14.0 Å².